The van der Waals surface area contributed by atoms with Crippen molar-refractivity contribution in [3.63, 3.8) is 0 Å². The molecule has 5 rings (SSSR count). The number of aryl methyl sites for hydroxylation is 1. The first-order chi connectivity index (χ1) is 14.5. The van der Waals surface area contributed by atoms with Crippen LogP contribution in [-0.2, 0) is 13.0 Å². The summed E-state index contributed by atoms with van der Waals surface area (Å²) in [5, 5.41) is 0.972. The van der Waals surface area contributed by atoms with Gasteiger partial charge >= 0.3 is 0 Å². The molecule has 1 atom stereocenters. The smallest absolute Gasteiger partial charge is 0.289 e. The molecule has 2 aromatic heterocycles. The highest BCUT2D eigenvalue weighted by Gasteiger charge is 2.31. The van der Waals surface area contributed by atoms with Gasteiger partial charge in [-0.2, -0.15) is 0 Å². The molecule has 0 radical (unpaired) electrons. The number of furan rings is 1. The van der Waals surface area contributed by atoms with Crippen molar-refractivity contribution < 1.29 is 9.21 Å². The molecule has 1 fully saturated rings. The van der Waals surface area contributed by atoms with E-state index in [1.165, 1.54) is 0 Å². The Bertz CT molecular complexity index is 1180. The fraction of sp³-hybridized carbons (Fsp3) is 0.435. The lowest BCUT2D eigenvalue weighted by Crippen LogP contribution is -2.41. The maximum atomic E-state index is 13.2. The molecule has 2 aliphatic heterocycles. The first kappa shape index (κ1) is 19.1. The van der Waals surface area contributed by atoms with Crippen LogP contribution in [0.3, 0.4) is 0 Å². The molecule has 0 aliphatic carbocycles. The minimum atomic E-state index is -0.0877. The minimum Gasteiger partial charge on any atom is -0.451 e. The zero-order valence-corrected chi connectivity index (χ0v) is 17.4. The van der Waals surface area contributed by atoms with E-state index >= 15 is 0 Å². The number of fused-ring (bicyclic) bond motifs is 2. The van der Waals surface area contributed by atoms with E-state index in [2.05, 4.69) is 9.88 Å². The maximum Gasteiger partial charge on any atom is 0.289 e. The van der Waals surface area contributed by atoms with E-state index in [0.717, 1.165) is 53.6 Å². The van der Waals surface area contributed by atoms with Gasteiger partial charge in [0, 0.05) is 49.5 Å². The highest BCUT2D eigenvalue weighted by atomic mass is 16.3. The Morgan fingerprint density at radius 3 is 2.93 bits per heavy atom. The van der Waals surface area contributed by atoms with E-state index in [0.29, 0.717) is 31.2 Å². The molecule has 0 bridgehead atoms. The quantitative estimate of drug-likeness (QED) is 0.708. The topological polar surface area (TPSA) is 82.4 Å². The number of H-pyrrole nitrogens is 1. The highest BCUT2D eigenvalue weighted by molar-refractivity contribution is 5.99. The van der Waals surface area contributed by atoms with Crippen LogP contribution in [0.5, 0.6) is 0 Å². The minimum absolute atomic E-state index is 0.0324. The Morgan fingerprint density at radius 1 is 1.27 bits per heavy atom. The number of nitrogens with one attached hydrogen (secondary N) is 1. The molecule has 0 saturated carbocycles. The van der Waals surface area contributed by atoms with Crippen molar-refractivity contribution in [3.05, 3.63) is 63.0 Å². The third-order valence-corrected chi connectivity index (χ3v) is 6.41. The number of rotatable bonds is 2. The zero-order chi connectivity index (χ0) is 20.8. The molecular weight excluding hydrogens is 380 g/mol. The van der Waals surface area contributed by atoms with E-state index in [1.54, 1.807) is 0 Å². The predicted molar refractivity (Wildman–Crippen MR) is 114 cm³/mol. The Balaban J connectivity index is 1.41. The zero-order valence-electron chi connectivity index (χ0n) is 17.4. The van der Waals surface area contributed by atoms with Gasteiger partial charge in [0.2, 0.25) is 0 Å². The van der Waals surface area contributed by atoms with E-state index < -0.39 is 0 Å². The average molecular weight is 406 g/mol. The highest BCUT2D eigenvalue weighted by Crippen LogP contribution is 2.30. The Labute approximate surface area is 174 Å². The van der Waals surface area contributed by atoms with Crippen molar-refractivity contribution in [2.24, 2.45) is 0 Å². The van der Waals surface area contributed by atoms with Crippen molar-refractivity contribution in [3.8, 4) is 0 Å². The number of hydrogen-bond donors (Lipinski definition) is 1. The largest absolute Gasteiger partial charge is 0.451 e. The second-order valence-corrected chi connectivity index (χ2v) is 8.51. The van der Waals surface area contributed by atoms with Crippen LogP contribution in [0.2, 0.25) is 0 Å². The van der Waals surface area contributed by atoms with E-state index in [9.17, 15) is 9.59 Å². The normalized spacial score (nSPS) is 19.8. The molecule has 2 aliphatic rings. The van der Waals surface area contributed by atoms with Gasteiger partial charge in [-0.05, 0) is 32.9 Å². The van der Waals surface area contributed by atoms with Gasteiger partial charge in [-0.25, -0.2) is 4.98 Å². The predicted octanol–water partition coefficient (Wildman–Crippen LogP) is 2.83. The van der Waals surface area contributed by atoms with Crippen LogP contribution in [0.1, 0.15) is 52.0 Å². The molecule has 1 N–H and O–H groups in total. The third kappa shape index (κ3) is 3.23. The number of hydrogen-bond acceptors (Lipinski definition) is 5. The summed E-state index contributed by atoms with van der Waals surface area (Å²) in [7, 11) is 2.01. The third-order valence-electron chi connectivity index (χ3n) is 6.41. The van der Waals surface area contributed by atoms with Crippen LogP contribution in [0.15, 0.2) is 33.5 Å². The van der Waals surface area contributed by atoms with Crippen molar-refractivity contribution in [2.45, 2.75) is 38.6 Å². The Morgan fingerprint density at radius 2 is 2.10 bits per heavy atom. The molecule has 1 amide bonds. The van der Waals surface area contributed by atoms with Gasteiger partial charge in [0.1, 0.15) is 11.4 Å². The number of nitrogens with zero attached hydrogens (tertiary/aromatic N) is 3. The molecule has 4 heterocycles. The molecular formula is C23H26N4O3. The average Bonchev–Trinajstić information content (AvgIpc) is 3.10. The molecule has 156 valence electrons. The summed E-state index contributed by atoms with van der Waals surface area (Å²) < 4.78 is 5.89. The van der Waals surface area contributed by atoms with Gasteiger partial charge in [0.25, 0.3) is 11.5 Å². The number of aromatic amines is 1. The number of benzene rings is 1. The van der Waals surface area contributed by atoms with E-state index in [-0.39, 0.29) is 17.4 Å². The van der Waals surface area contributed by atoms with E-state index in [4.69, 9.17) is 9.40 Å². The summed E-state index contributed by atoms with van der Waals surface area (Å²) in [6, 6.07) is 7.72. The Hall–Kier alpha value is -2.93. The molecule has 0 unspecified atom stereocenters. The molecule has 3 aromatic rings. The standard InChI is InChI=1S/C23H26N4O3/c1-14-16-7-3-4-8-19(16)30-20(14)23(29)27-10-5-6-15(12-27)21-24-18-9-11-26(2)13-17(18)22(28)25-21/h3-4,7-8,15H,5-6,9-13H2,1-2H3,(H,24,25,28)/t15-/m0/s1. The summed E-state index contributed by atoms with van der Waals surface area (Å²) in [6.07, 6.45) is 2.57. The first-order valence-corrected chi connectivity index (χ1v) is 10.6. The van der Waals surface area contributed by atoms with E-state index in [1.807, 2.05) is 43.1 Å². The van der Waals surface area contributed by atoms with Gasteiger partial charge in [-0.3, -0.25) is 9.59 Å². The van der Waals surface area contributed by atoms with Gasteiger partial charge in [0.15, 0.2) is 5.76 Å². The second-order valence-electron chi connectivity index (χ2n) is 8.51. The molecule has 0 spiro atoms. The molecule has 7 nitrogen and oxygen atoms in total. The lowest BCUT2D eigenvalue weighted by atomic mass is 9.96. The van der Waals surface area contributed by atoms with Gasteiger partial charge < -0.3 is 19.2 Å². The molecule has 7 heteroatoms. The van der Waals surface area contributed by atoms with Crippen molar-refractivity contribution >= 4 is 16.9 Å². The molecule has 1 aromatic carbocycles. The Kier molecular flexibility index (Phi) is 4.70. The van der Waals surface area contributed by atoms with Crippen LogP contribution in [0, 0.1) is 6.92 Å². The number of aromatic nitrogens is 2. The number of likely N-dealkylation sites (tertiary alicyclic amines) is 1. The summed E-state index contributed by atoms with van der Waals surface area (Å²) >= 11 is 0. The van der Waals surface area contributed by atoms with Crippen LogP contribution in [0.25, 0.3) is 11.0 Å². The SMILES string of the molecule is Cc1c(C(=O)N2CCC[C@H](c3nc4c(c(=O)[nH]3)CN(C)CC4)C2)oc2ccccc12. The van der Waals surface area contributed by atoms with Crippen molar-refractivity contribution in [2.75, 3.05) is 26.7 Å². The van der Waals surface area contributed by atoms with Crippen molar-refractivity contribution in [1.29, 1.82) is 0 Å². The summed E-state index contributed by atoms with van der Waals surface area (Å²) in [4.78, 5) is 37.7. The number of para-hydroxylation sites is 1. The lowest BCUT2D eigenvalue weighted by Gasteiger charge is -2.32. The number of piperidine rings is 1. The molecule has 1 saturated heterocycles. The molecule has 30 heavy (non-hydrogen) atoms. The number of carbonyl (C=O) groups is 1. The summed E-state index contributed by atoms with van der Waals surface area (Å²) in [6.45, 7) is 4.70. The second kappa shape index (κ2) is 7.40. The van der Waals surface area contributed by atoms with Crippen LogP contribution in [0.4, 0.5) is 0 Å². The van der Waals surface area contributed by atoms with Gasteiger partial charge in [0.05, 0.1) is 11.3 Å². The van der Waals surface area contributed by atoms with Crippen LogP contribution in [-0.4, -0.2) is 52.4 Å². The van der Waals surface area contributed by atoms with Crippen molar-refractivity contribution in [1.82, 2.24) is 19.8 Å². The van der Waals surface area contributed by atoms with Gasteiger partial charge in [-0.15, -0.1) is 0 Å². The number of carbonyl (C=O) groups excluding carboxylic acids is 1. The summed E-state index contributed by atoms with van der Waals surface area (Å²) in [5.41, 5.74) is 3.25. The van der Waals surface area contributed by atoms with Crippen LogP contribution >= 0.6 is 0 Å². The van der Waals surface area contributed by atoms with Crippen LogP contribution < -0.4 is 5.56 Å². The monoisotopic (exact) mass is 406 g/mol. The fourth-order valence-electron chi connectivity index (χ4n) is 4.68. The number of likely N-dealkylation sites (N-methyl/N-ethyl adjacent to an activating group) is 1. The first-order valence-electron chi connectivity index (χ1n) is 10.6. The summed E-state index contributed by atoms with van der Waals surface area (Å²) in [5.74, 6) is 1.06. The number of amides is 1. The lowest BCUT2D eigenvalue weighted by molar-refractivity contribution is 0.0673. The van der Waals surface area contributed by atoms with Gasteiger partial charge in [-0.1, -0.05) is 18.2 Å². The maximum absolute atomic E-state index is 13.2. The fourth-order valence-corrected chi connectivity index (χ4v) is 4.68.